The maximum absolute atomic E-state index is 12.9. The van der Waals surface area contributed by atoms with Crippen LogP contribution in [0.5, 0.6) is 11.5 Å². The Hall–Kier alpha value is -2.64. The van der Waals surface area contributed by atoms with Crippen LogP contribution < -0.4 is 14.8 Å². The maximum Gasteiger partial charge on any atom is 0.223 e. The van der Waals surface area contributed by atoms with Gasteiger partial charge < -0.3 is 14.8 Å². The van der Waals surface area contributed by atoms with Gasteiger partial charge in [-0.15, -0.1) is 5.10 Å². The number of aryl methyl sites for hydroxylation is 1. The van der Waals surface area contributed by atoms with E-state index in [2.05, 4.69) is 20.8 Å². The lowest BCUT2D eigenvalue weighted by Gasteiger charge is -2.28. The normalized spacial score (nSPS) is 23.9. The minimum absolute atomic E-state index is 0.0567. The van der Waals surface area contributed by atoms with Crippen molar-refractivity contribution >= 4 is 5.91 Å². The lowest BCUT2D eigenvalue weighted by Crippen LogP contribution is -2.35. The lowest BCUT2D eigenvalue weighted by molar-refractivity contribution is -0.127. The molecule has 2 aliphatic rings. The molecular formula is C20H27N5O3. The molecule has 1 N–H and O–H groups in total. The second-order valence-electron chi connectivity index (χ2n) is 7.76. The Morgan fingerprint density at radius 3 is 2.57 bits per heavy atom. The standard InChI is InChI=1S/C20H27N5O3/c1-27-18-9-15-7-8-17(16(15)10-19(18)28-2)22-20(26)14-5-3-13(4-6-14)11-25-12-21-23-24-25/h9-10,12-14,17H,3-8,11H2,1-2H3,(H,22,26). The van der Waals surface area contributed by atoms with Crippen molar-refractivity contribution in [1.82, 2.24) is 25.5 Å². The highest BCUT2D eigenvalue weighted by Crippen LogP contribution is 2.40. The van der Waals surface area contributed by atoms with E-state index in [1.54, 1.807) is 25.2 Å². The van der Waals surface area contributed by atoms with Crippen molar-refractivity contribution in [2.24, 2.45) is 11.8 Å². The average molecular weight is 385 g/mol. The zero-order valence-corrected chi connectivity index (χ0v) is 16.4. The Kier molecular flexibility index (Phi) is 5.45. The van der Waals surface area contributed by atoms with Crippen LogP contribution in [0.4, 0.5) is 0 Å². The SMILES string of the molecule is COc1cc2c(cc1OC)C(NC(=O)C1CCC(Cn3cnnn3)CC1)CC2. The molecule has 1 amide bonds. The molecule has 1 fully saturated rings. The number of methoxy groups -OCH3 is 2. The number of fused-ring (bicyclic) bond motifs is 1. The number of nitrogens with one attached hydrogen (secondary N) is 1. The summed E-state index contributed by atoms with van der Waals surface area (Å²) in [6.45, 7) is 0.832. The molecule has 1 atom stereocenters. The molecule has 8 heteroatoms. The number of amides is 1. The second-order valence-corrected chi connectivity index (χ2v) is 7.76. The number of hydrogen-bond acceptors (Lipinski definition) is 6. The van der Waals surface area contributed by atoms with E-state index in [0.29, 0.717) is 11.7 Å². The zero-order chi connectivity index (χ0) is 19.5. The minimum atomic E-state index is 0.0567. The van der Waals surface area contributed by atoms with Crippen molar-refractivity contribution < 1.29 is 14.3 Å². The van der Waals surface area contributed by atoms with E-state index < -0.39 is 0 Å². The molecule has 8 nitrogen and oxygen atoms in total. The van der Waals surface area contributed by atoms with Crippen molar-refractivity contribution in [3.05, 3.63) is 29.6 Å². The van der Waals surface area contributed by atoms with E-state index in [4.69, 9.17) is 9.47 Å². The van der Waals surface area contributed by atoms with E-state index >= 15 is 0 Å². The summed E-state index contributed by atoms with van der Waals surface area (Å²) in [7, 11) is 3.29. The van der Waals surface area contributed by atoms with E-state index in [1.165, 1.54) is 5.56 Å². The van der Waals surface area contributed by atoms with Crippen LogP contribution in [-0.4, -0.2) is 40.3 Å². The number of carbonyl (C=O) groups excluding carboxylic acids is 1. The summed E-state index contributed by atoms with van der Waals surface area (Å²) in [5, 5.41) is 14.6. The van der Waals surface area contributed by atoms with Crippen molar-refractivity contribution in [2.45, 2.75) is 51.1 Å². The van der Waals surface area contributed by atoms with Gasteiger partial charge in [0.25, 0.3) is 0 Å². The molecule has 0 spiro atoms. The van der Waals surface area contributed by atoms with E-state index in [1.807, 2.05) is 12.1 Å². The molecule has 0 bridgehead atoms. The van der Waals surface area contributed by atoms with Gasteiger partial charge in [0.05, 0.1) is 20.3 Å². The molecule has 4 rings (SSSR count). The van der Waals surface area contributed by atoms with Gasteiger partial charge in [-0.05, 0) is 78.1 Å². The predicted molar refractivity (Wildman–Crippen MR) is 102 cm³/mol. The third-order valence-electron chi connectivity index (χ3n) is 6.09. The zero-order valence-electron chi connectivity index (χ0n) is 16.4. The lowest BCUT2D eigenvalue weighted by atomic mass is 9.81. The van der Waals surface area contributed by atoms with Gasteiger partial charge in [-0.1, -0.05) is 0 Å². The highest BCUT2D eigenvalue weighted by Gasteiger charge is 2.31. The van der Waals surface area contributed by atoms with Gasteiger partial charge in [0.15, 0.2) is 11.5 Å². The van der Waals surface area contributed by atoms with Crippen LogP contribution in [-0.2, 0) is 17.8 Å². The van der Waals surface area contributed by atoms with Crippen LogP contribution in [0.1, 0.15) is 49.3 Å². The molecule has 0 aliphatic heterocycles. The van der Waals surface area contributed by atoms with Gasteiger partial charge in [0, 0.05) is 12.5 Å². The highest BCUT2D eigenvalue weighted by molar-refractivity contribution is 5.79. The topological polar surface area (TPSA) is 91.2 Å². The molecule has 0 radical (unpaired) electrons. The molecule has 1 aromatic heterocycles. The van der Waals surface area contributed by atoms with Crippen molar-refractivity contribution in [3.8, 4) is 11.5 Å². The number of aromatic nitrogens is 4. The molecule has 1 saturated carbocycles. The van der Waals surface area contributed by atoms with Gasteiger partial charge in [0.2, 0.25) is 5.91 Å². The van der Waals surface area contributed by atoms with Gasteiger partial charge >= 0.3 is 0 Å². The van der Waals surface area contributed by atoms with Crippen LogP contribution in [0.3, 0.4) is 0 Å². The molecule has 1 heterocycles. The number of carbonyl (C=O) groups is 1. The Bertz CT molecular complexity index is 815. The molecule has 2 aliphatic carbocycles. The summed E-state index contributed by atoms with van der Waals surface area (Å²) in [6.07, 6.45) is 7.42. The molecule has 150 valence electrons. The van der Waals surface area contributed by atoms with Crippen LogP contribution in [0.25, 0.3) is 0 Å². The Morgan fingerprint density at radius 1 is 1.14 bits per heavy atom. The van der Waals surface area contributed by atoms with E-state index in [9.17, 15) is 4.79 Å². The molecule has 1 unspecified atom stereocenters. The Balaban J connectivity index is 1.34. The van der Waals surface area contributed by atoms with Gasteiger partial charge in [-0.25, -0.2) is 4.68 Å². The molecular weight excluding hydrogens is 358 g/mol. The monoisotopic (exact) mass is 385 g/mol. The Labute approximate surface area is 164 Å². The van der Waals surface area contributed by atoms with Crippen molar-refractivity contribution in [2.75, 3.05) is 14.2 Å². The van der Waals surface area contributed by atoms with Crippen LogP contribution in [0, 0.1) is 11.8 Å². The number of nitrogens with zero attached hydrogens (tertiary/aromatic N) is 4. The third-order valence-corrected chi connectivity index (χ3v) is 6.09. The molecule has 2 aromatic rings. The fourth-order valence-electron chi connectivity index (χ4n) is 4.51. The fraction of sp³-hybridized carbons (Fsp3) is 0.600. The highest BCUT2D eigenvalue weighted by atomic mass is 16.5. The maximum atomic E-state index is 12.9. The molecule has 0 saturated heterocycles. The Morgan fingerprint density at radius 2 is 1.89 bits per heavy atom. The number of hydrogen-bond donors (Lipinski definition) is 1. The number of benzene rings is 1. The summed E-state index contributed by atoms with van der Waals surface area (Å²) in [4.78, 5) is 12.9. The fourth-order valence-corrected chi connectivity index (χ4v) is 4.51. The number of tetrazole rings is 1. The summed E-state index contributed by atoms with van der Waals surface area (Å²) < 4.78 is 12.6. The minimum Gasteiger partial charge on any atom is -0.493 e. The molecule has 28 heavy (non-hydrogen) atoms. The average Bonchev–Trinajstić information content (AvgIpc) is 3.37. The number of ether oxygens (including phenoxy) is 2. The second kappa shape index (κ2) is 8.16. The first-order valence-corrected chi connectivity index (χ1v) is 9.94. The summed E-state index contributed by atoms with van der Waals surface area (Å²) in [5.74, 6) is 2.26. The largest absolute Gasteiger partial charge is 0.493 e. The quantitative estimate of drug-likeness (QED) is 0.820. The van der Waals surface area contributed by atoms with Crippen molar-refractivity contribution in [3.63, 3.8) is 0 Å². The van der Waals surface area contributed by atoms with Gasteiger partial charge in [0.1, 0.15) is 6.33 Å². The summed E-state index contributed by atoms with van der Waals surface area (Å²) >= 11 is 0. The first kappa shape index (κ1) is 18.7. The van der Waals surface area contributed by atoms with Gasteiger partial charge in [-0.2, -0.15) is 0 Å². The molecule has 1 aromatic carbocycles. The van der Waals surface area contributed by atoms with Crippen molar-refractivity contribution in [1.29, 1.82) is 0 Å². The predicted octanol–water partition coefficient (Wildman–Crippen LogP) is 2.30. The smallest absolute Gasteiger partial charge is 0.223 e. The van der Waals surface area contributed by atoms with E-state index in [0.717, 1.165) is 56.4 Å². The van der Waals surface area contributed by atoms with Crippen LogP contribution >= 0.6 is 0 Å². The van der Waals surface area contributed by atoms with Crippen LogP contribution in [0.15, 0.2) is 18.5 Å². The first-order valence-electron chi connectivity index (χ1n) is 9.94. The first-order chi connectivity index (χ1) is 13.7. The van der Waals surface area contributed by atoms with Crippen LogP contribution in [0.2, 0.25) is 0 Å². The summed E-state index contributed by atoms with van der Waals surface area (Å²) in [6, 6.07) is 4.10. The third kappa shape index (κ3) is 3.81. The van der Waals surface area contributed by atoms with E-state index in [-0.39, 0.29) is 17.9 Å². The van der Waals surface area contributed by atoms with Gasteiger partial charge in [-0.3, -0.25) is 4.79 Å². The number of rotatable bonds is 6. The summed E-state index contributed by atoms with van der Waals surface area (Å²) in [5.41, 5.74) is 2.38.